The van der Waals surface area contributed by atoms with Crippen LogP contribution < -0.4 is 10.2 Å². The van der Waals surface area contributed by atoms with Crippen molar-refractivity contribution in [3.63, 3.8) is 0 Å². The summed E-state index contributed by atoms with van der Waals surface area (Å²) in [6, 6.07) is 1.15. The SMILES string of the molecule is Cc1nnc(N2CCCC2CNC(C)C)s1. The summed E-state index contributed by atoms with van der Waals surface area (Å²) < 4.78 is 0. The molecule has 16 heavy (non-hydrogen) atoms. The van der Waals surface area contributed by atoms with Crippen LogP contribution >= 0.6 is 11.3 Å². The zero-order chi connectivity index (χ0) is 11.5. The molecule has 1 saturated heterocycles. The normalized spacial score (nSPS) is 21.0. The van der Waals surface area contributed by atoms with Gasteiger partial charge in [0.05, 0.1) is 0 Å². The fourth-order valence-electron chi connectivity index (χ4n) is 2.07. The Morgan fingerprint density at radius 1 is 1.50 bits per heavy atom. The smallest absolute Gasteiger partial charge is 0.208 e. The van der Waals surface area contributed by atoms with Crippen LogP contribution in [0.3, 0.4) is 0 Å². The monoisotopic (exact) mass is 240 g/mol. The number of aryl methyl sites for hydroxylation is 1. The van der Waals surface area contributed by atoms with E-state index >= 15 is 0 Å². The second-order valence-electron chi connectivity index (χ2n) is 4.66. The van der Waals surface area contributed by atoms with Gasteiger partial charge in [-0.05, 0) is 19.8 Å². The molecule has 1 aromatic heterocycles. The van der Waals surface area contributed by atoms with Crippen molar-refractivity contribution < 1.29 is 0 Å². The van der Waals surface area contributed by atoms with Gasteiger partial charge in [-0.25, -0.2) is 0 Å². The van der Waals surface area contributed by atoms with Crippen molar-refractivity contribution in [3.8, 4) is 0 Å². The molecule has 0 saturated carbocycles. The van der Waals surface area contributed by atoms with Crippen molar-refractivity contribution in [3.05, 3.63) is 5.01 Å². The molecule has 1 unspecified atom stereocenters. The Hall–Kier alpha value is -0.680. The maximum atomic E-state index is 4.24. The molecule has 0 radical (unpaired) electrons. The summed E-state index contributed by atoms with van der Waals surface area (Å²) in [4.78, 5) is 2.40. The number of rotatable bonds is 4. The predicted octanol–water partition coefficient (Wildman–Crippen LogP) is 1.81. The zero-order valence-corrected chi connectivity index (χ0v) is 11.0. The van der Waals surface area contributed by atoms with E-state index in [1.54, 1.807) is 11.3 Å². The lowest BCUT2D eigenvalue weighted by molar-refractivity contribution is 0.523. The summed E-state index contributed by atoms with van der Waals surface area (Å²) in [5.74, 6) is 0. The van der Waals surface area contributed by atoms with Crippen molar-refractivity contribution in [1.29, 1.82) is 0 Å². The zero-order valence-electron chi connectivity index (χ0n) is 10.2. The first-order chi connectivity index (χ1) is 7.66. The number of anilines is 1. The van der Waals surface area contributed by atoms with Crippen LogP contribution in [-0.2, 0) is 0 Å². The van der Waals surface area contributed by atoms with E-state index < -0.39 is 0 Å². The van der Waals surface area contributed by atoms with Crippen molar-refractivity contribution >= 4 is 16.5 Å². The largest absolute Gasteiger partial charge is 0.342 e. The van der Waals surface area contributed by atoms with E-state index in [1.807, 2.05) is 6.92 Å². The van der Waals surface area contributed by atoms with Gasteiger partial charge in [0.2, 0.25) is 5.13 Å². The van der Waals surface area contributed by atoms with E-state index in [0.717, 1.165) is 23.2 Å². The number of aromatic nitrogens is 2. The van der Waals surface area contributed by atoms with Crippen molar-refractivity contribution in [1.82, 2.24) is 15.5 Å². The molecule has 1 N–H and O–H groups in total. The highest BCUT2D eigenvalue weighted by Gasteiger charge is 2.26. The molecule has 0 amide bonds. The fraction of sp³-hybridized carbons (Fsp3) is 0.818. The van der Waals surface area contributed by atoms with Crippen LogP contribution in [0, 0.1) is 6.92 Å². The van der Waals surface area contributed by atoms with Gasteiger partial charge < -0.3 is 10.2 Å². The van der Waals surface area contributed by atoms with Crippen LogP contribution in [0.15, 0.2) is 0 Å². The maximum Gasteiger partial charge on any atom is 0.208 e. The number of nitrogens with zero attached hydrogens (tertiary/aromatic N) is 3. The average molecular weight is 240 g/mol. The Kier molecular flexibility index (Phi) is 3.76. The van der Waals surface area contributed by atoms with E-state index in [-0.39, 0.29) is 0 Å². The van der Waals surface area contributed by atoms with Crippen LogP contribution in [0.2, 0.25) is 0 Å². The fourth-order valence-corrected chi connectivity index (χ4v) is 2.86. The Balaban J connectivity index is 1.98. The van der Waals surface area contributed by atoms with Crippen LogP contribution in [0.25, 0.3) is 0 Å². The molecule has 0 aliphatic carbocycles. The predicted molar refractivity (Wildman–Crippen MR) is 68.2 cm³/mol. The molecule has 5 heteroatoms. The van der Waals surface area contributed by atoms with Crippen LogP contribution in [-0.4, -0.2) is 35.4 Å². The lowest BCUT2D eigenvalue weighted by atomic mass is 10.2. The molecule has 2 rings (SSSR count). The molecule has 90 valence electrons. The molecule has 4 nitrogen and oxygen atoms in total. The standard InChI is InChI=1S/C11H20N4S/c1-8(2)12-7-10-5-4-6-15(10)11-14-13-9(3)16-11/h8,10,12H,4-7H2,1-3H3. The average Bonchev–Trinajstić information content (AvgIpc) is 2.82. The first kappa shape index (κ1) is 11.8. The minimum atomic E-state index is 0.554. The summed E-state index contributed by atoms with van der Waals surface area (Å²) in [5.41, 5.74) is 0. The van der Waals surface area contributed by atoms with Gasteiger partial charge in [0.15, 0.2) is 0 Å². The van der Waals surface area contributed by atoms with Crippen molar-refractivity contribution in [2.24, 2.45) is 0 Å². The number of hydrogen-bond acceptors (Lipinski definition) is 5. The number of hydrogen-bond donors (Lipinski definition) is 1. The van der Waals surface area contributed by atoms with Crippen LogP contribution in [0.5, 0.6) is 0 Å². The molecule has 1 fully saturated rings. The molecule has 1 atom stereocenters. The number of nitrogens with one attached hydrogen (secondary N) is 1. The molecule has 1 aromatic rings. The van der Waals surface area contributed by atoms with Crippen LogP contribution in [0.4, 0.5) is 5.13 Å². The van der Waals surface area contributed by atoms with Gasteiger partial charge in [0.1, 0.15) is 5.01 Å². The summed E-state index contributed by atoms with van der Waals surface area (Å²) in [6.07, 6.45) is 2.53. The minimum Gasteiger partial charge on any atom is -0.342 e. The van der Waals surface area contributed by atoms with Gasteiger partial charge >= 0.3 is 0 Å². The third-order valence-electron chi connectivity index (χ3n) is 2.90. The van der Waals surface area contributed by atoms with Crippen molar-refractivity contribution in [2.75, 3.05) is 18.0 Å². The minimum absolute atomic E-state index is 0.554. The highest BCUT2D eigenvalue weighted by atomic mass is 32.1. The van der Waals surface area contributed by atoms with Crippen LogP contribution in [0.1, 0.15) is 31.7 Å². The lowest BCUT2D eigenvalue weighted by Crippen LogP contribution is -2.40. The summed E-state index contributed by atoms with van der Waals surface area (Å²) in [7, 11) is 0. The van der Waals surface area contributed by atoms with Gasteiger partial charge in [0, 0.05) is 25.2 Å². The van der Waals surface area contributed by atoms with Gasteiger partial charge in [-0.2, -0.15) is 0 Å². The lowest BCUT2D eigenvalue weighted by Gasteiger charge is -2.24. The molecular formula is C11H20N4S. The summed E-state index contributed by atoms with van der Waals surface area (Å²) in [6.45, 7) is 8.57. The van der Waals surface area contributed by atoms with E-state index in [1.165, 1.54) is 12.8 Å². The first-order valence-electron chi connectivity index (χ1n) is 5.97. The Morgan fingerprint density at radius 3 is 2.94 bits per heavy atom. The summed E-state index contributed by atoms with van der Waals surface area (Å²) in [5, 5.41) is 14.0. The summed E-state index contributed by atoms with van der Waals surface area (Å²) >= 11 is 1.70. The third kappa shape index (κ3) is 2.71. The third-order valence-corrected chi connectivity index (χ3v) is 3.78. The van der Waals surface area contributed by atoms with Gasteiger partial charge in [-0.15, -0.1) is 10.2 Å². The Bertz CT molecular complexity index is 336. The molecular weight excluding hydrogens is 220 g/mol. The van der Waals surface area contributed by atoms with E-state index in [4.69, 9.17) is 0 Å². The molecule has 0 spiro atoms. The van der Waals surface area contributed by atoms with Gasteiger partial charge in [-0.3, -0.25) is 0 Å². The second-order valence-corrected chi connectivity index (χ2v) is 5.82. The molecule has 1 aliphatic heterocycles. The highest BCUT2D eigenvalue weighted by Crippen LogP contribution is 2.27. The van der Waals surface area contributed by atoms with Crippen molar-refractivity contribution in [2.45, 2.75) is 45.7 Å². The topological polar surface area (TPSA) is 41.1 Å². The molecule has 0 aromatic carbocycles. The van der Waals surface area contributed by atoms with E-state index in [2.05, 4.69) is 34.3 Å². The molecule has 2 heterocycles. The highest BCUT2D eigenvalue weighted by molar-refractivity contribution is 7.15. The van der Waals surface area contributed by atoms with Gasteiger partial charge in [0.25, 0.3) is 0 Å². The molecule has 1 aliphatic rings. The Labute approximate surface area is 101 Å². The molecule has 0 bridgehead atoms. The second kappa shape index (κ2) is 5.10. The first-order valence-corrected chi connectivity index (χ1v) is 6.78. The van der Waals surface area contributed by atoms with E-state index in [9.17, 15) is 0 Å². The maximum absolute atomic E-state index is 4.24. The van der Waals surface area contributed by atoms with Gasteiger partial charge in [-0.1, -0.05) is 25.2 Å². The van der Waals surface area contributed by atoms with E-state index in [0.29, 0.717) is 12.1 Å². The quantitative estimate of drug-likeness (QED) is 0.871. The Morgan fingerprint density at radius 2 is 2.31 bits per heavy atom.